The van der Waals surface area contributed by atoms with Crippen LogP contribution >= 0.6 is 22.9 Å². The first kappa shape index (κ1) is 22.4. The van der Waals surface area contributed by atoms with Crippen molar-refractivity contribution in [3.8, 4) is 0 Å². The molecule has 0 saturated heterocycles. The highest BCUT2D eigenvalue weighted by molar-refractivity contribution is 7.07. The summed E-state index contributed by atoms with van der Waals surface area (Å²) in [4.78, 5) is 43.1. The van der Waals surface area contributed by atoms with Gasteiger partial charge in [-0.25, -0.2) is 4.99 Å². The van der Waals surface area contributed by atoms with Crippen molar-refractivity contribution in [2.75, 3.05) is 0 Å². The first-order valence-corrected chi connectivity index (χ1v) is 11.9. The van der Waals surface area contributed by atoms with E-state index in [0.717, 1.165) is 11.3 Å². The zero-order chi connectivity index (χ0) is 24.2. The van der Waals surface area contributed by atoms with Gasteiger partial charge in [0.15, 0.2) is 10.6 Å². The number of hydrogen-bond acceptors (Lipinski definition) is 6. The van der Waals surface area contributed by atoms with Gasteiger partial charge in [-0.1, -0.05) is 67.1 Å². The number of nitrogens with zero attached hydrogens (tertiary/aromatic N) is 3. The molecule has 1 aliphatic heterocycles. The second-order valence-electron chi connectivity index (χ2n) is 9.22. The Bertz CT molecular complexity index is 1580. The highest BCUT2D eigenvalue weighted by Gasteiger charge is 2.41. The number of allylic oxidation sites excluding steroid dienone is 2. The largest absolute Gasteiger partial charge is 0.294 e. The van der Waals surface area contributed by atoms with Crippen LogP contribution in [0.1, 0.15) is 43.9 Å². The number of hydrogen-bond donors (Lipinski definition) is 0. The number of para-hydroxylation sites is 1. The molecule has 34 heavy (non-hydrogen) atoms. The van der Waals surface area contributed by atoms with Gasteiger partial charge in [0, 0.05) is 23.1 Å². The molecular weight excluding hydrogens is 474 g/mol. The first-order chi connectivity index (χ1) is 16.2. The Kier molecular flexibility index (Phi) is 5.37. The number of nitro benzene ring substituents is 1. The van der Waals surface area contributed by atoms with E-state index in [4.69, 9.17) is 16.6 Å². The molecule has 0 radical (unpaired) electrons. The Balaban J connectivity index is 1.80. The Morgan fingerprint density at radius 1 is 1.15 bits per heavy atom. The van der Waals surface area contributed by atoms with Crippen molar-refractivity contribution in [3.63, 3.8) is 0 Å². The maximum atomic E-state index is 13.6. The summed E-state index contributed by atoms with van der Waals surface area (Å²) < 4.78 is 1.80. The Morgan fingerprint density at radius 3 is 2.59 bits per heavy atom. The third-order valence-corrected chi connectivity index (χ3v) is 7.44. The molecule has 0 amide bonds. The van der Waals surface area contributed by atoms with Crippen LogP contribution in [0.5, 0.6) is 0 Å². The van der Waals surface area contributed by atoms with E-state index in [1.807, 2.05) is 26.0 Å². The van der Waals surface area contributed by atoms with Gasteiger partial charge in [-0.2, -0.15) is 0 Å². The summed E-state index contributed by atoms with van der Waals surface area (Å²) in [6, 6.07) is 12.7. The highest BCUT2D eigenvalue weighted by Crippen LogP contribution is 2.44. The maximum absolute atomic E-state index is 13.6. The topological polar surface area (TPSA) is 94.6 Å². The molecule has 2 aliphatic rings. The smallest absolute Gasteiger partial charge is 0.276 e. The van der Waals surface area contributed by atoms with Crippen molar-refractivity contribution in [3.05, 3.63) is 106 Å². The number of nitro groups is 1. The fourth-order valence-electron chi connectivity index (χ4n) is 4.66. The van der Waals surface area contributed by atoms with E-state index >= 15 is 0 Å². The lowest BCUT2D eigenvalue weighted by Gasteiger charge is -2.35. The third-order valence-electron chi connectivity index (χ3n) is 6.12. The molecule has 3 aromatic rings. The van der Waals surface area contributed by atoms with Crippen molar-refractivity contribution < 1.29 is 9.72 Å². The minimum atomic E-state index is -0.698. The highest BCUT2D eigenvalue weighted by atomic mass is 35.5. The van der Waals surface area contributed by atoms with E-state index < -0.39 is 11.0 Å². The summed E-state index contributed by atoms with van der Waals surface area (Å²) in [6.07, 6.45) is 2.47. The maximum Gasteiger partial charge on any atom is 0.276 e. The quantitative estimate of drug-likeness (QED) is 0.404. The molecule has 5 rings (SSSR count). The summed E-state index contributed by atoms with van der Waals surface area (Å²) in [5.41, 5.74) is 1.44. The standard InChI is InChI=1S/C25H20ClN3O4S/c1-25(2)12-17-21(19(30)13-25)22(15-8-4-5-9-16(15)26)28-23(31)20(34-24(28)27-17)11-14-7-3-6-10-18(14)29(32)33/h3-11,22H,12-13H2,1-2H3. The van der Waals surface area contributed by atoms with Crippen LogP contribution in [0.4, 0.5) is 5.69 Å². The SMILES string of the molecule is CC1(C)CC(=O)C2=C(C1)N=c1sc(=Cc3ccccc3[N+](=O)[O-])c(=O)n1C2c1ccccc1Cl. The average Bonchev–Trinajstić information content (AvgIpc) is 3.07. The molecule has 172 valence electrons. The van der Waals surface area contributed by atoms with Crippen LogP contribution in [-0.2, 0) is 4.79 Å². The number of carbonyl (C=O) groups excluding carboxylic acids is 1. The minimum Gasteiger partial charge on any atom is -0.294 e. The second-order valence-corrected chi connectivity index (χ2v) is 10.6. The van der Waals surface area contributed by atoms with Gasteiger partial charge in [0.2, 0.25) is 0 Å². The number of thiazole rings is 1. The molecule has 1 unspecified atom stereocenters. The molecule has 7 nitrogen and oxygen atoms in total. The van der Waals surface area contributed by atoms with E-state index in [1.165, 1.54) is 16.7 Å². The average molecular weight is 494 g/mol. The van der Waals surface area contributed by atoms with Crippen molar-refractivity contribution in [2.24, 2.45) is 10.4 Å². The molecule has 0 saturated carbocycles. The summed E-state index contributed by atoms with van der Waals surface area (Å²) in [7, 11) is 0. The molecule has 1 aliphatic carbocycles. The van der Waals surface area contributed by atoms with Gasteiger partial charge in [0.25, 0.3) is 11.2 Å². The Hall–Kier alpha value is -3.36. The summed E-state index contributed by atoms with van der Waals surface area (Å²) in [5, 5.41) is 11.9. The lowest BCUT2D eigenvalue weighted by Crippen LogP contribution is -2.42. The number of ketones is 1. The Morgan fingerprint density at radius 2 is 1.85 bits per heavy atom. The number of fused-ring (bicyclic) bond motifs is 1. The van der Waals surface area contributed by atoms with Crippen LogP contribution in [0.3, 0.4) is 0 Å². The summed E-state index contributed by atoms with van der Waals surface area (Å²) >= 11 is 7.70. The lowest BCUT2D eigenvalue weighted by molar-refractivity contribution is -0.385. The third kappa shape index (κ3) is 3.73. The van der Waals surface area contributed by atoms with Crippen molar-refractivity contribution in [2.45, 2.75) is 32.7 Å². The van der Waals surface area contributed by atoms with Crippen LogP contribution in [0.2, 0.25) is 5.02 Å². The molecule has 9 heteroatoms. The molecule has 0 spiro atoms. The molecular formula is C25H20ClN3O4S. The summed E-state index contributed by atoms with van der Waals surface area (Å²) in [5.74, 6) is -0.0482. The van der Waals surface area contributed by atoms with Crippen LogP contribution in [0, 0.1) is 15.5 Å². The van der Waals surface area contributed by atoms with Crippen LogP contribution in [0.25, 0.3) is 6.08 Å². The fourth-order valence-corrected chi connectivity index (χ4v) is 5.91. The zero-order valence-corrected chi connectivity index (χ0v) is 20.0. The molecule has 0 bridgehead atoms. The molecule has 0 N–H and O–H groups in total. The van der Waals surface area contributed by atoms with Crippen molar-refractivity contribution in [1.82, 2.24) is 4.57 Å². The van der Waals surface area contributed by atoms with Gasteiger partial charge in [-0.15, -0.1) is 0 Å². The van der Waals surface area contributed by atoms with Crippen LogP contribution < -0.4 is 14.9 Å². The molecule has 1 atom stereocenters. The summed E-state index contributed by atoms with van der Waals surface area (Å²) in [6.45, 7) is 4.05. The van der Waals surface area contributed by atoms with Crippen molar-refractivity contribution >= 4 is 40.5 Å². The number of rotatable bonds is 3. The minimum absolute atomic E-state index is 0.0482. The zero-order valence-electron chi connectivity index (χ0n) is 18.4. The van der Waals surface area contributed by atoms with E-state index in [0.29, 0.717) is 49.6 Å². The van der Waals surface area contributed by atoms with E-state index in [2.05, 4.69) is 0 Å². The molecule has 1 aromatic heterocycles. The van der Waals surface area contributed by atoms with E-state index in [1.54, 1.807) is 30.3 Å². The van der Waals surface area contributed by atoms with E-state index in [-0.39, 0.29) is 22.4 Å². The van der Waals surface area contributed by atoms with Crippen LogP contribution in [-0.4, -0.2) is 15.3 Å². The van der Waals surface area contributed by atoms with Crippen LogP contribution in [0.15, 0.2) is 69.6 Å². The number of benzene rings is 2. The lowest BCUT2D eigenvalue weighted by atomic mass is 9.73. The predicted octanol–water partition coefficient (Wildman–Crippen LogP) is 4.17. The van der Waals surface area contributed by atoms with Gasteiger partial charge in [0.1, 0.15) is 0 Å². The van der Waals surface area contributed by atoms with Gasteiger partial charge < -0.3 is 0 Å². The second kappa shape index (κ2) is 8.14. The number of Topliss-reactive ketones (excluding diaryl/α,β-unsaturated/α-hetero) is 1. The number of halogens is 1. The molecule has 2 aromatic carbocycles. The first-order valence-electron chi connectivity index (χ1n) is 10.7. The van der Waals surface area contributed by atoms with Gasteiger partial charge in [0.05, 0.1) is 26.8 Å². The molecule has 0 fully saturated rings. The fraction of sp³-hybridized carbons (Fsp3) is 0.240. The van der Waals surface area contributed by atoms with Gasteiger partial charge in [-0.3, -0.25) is 24.3 Å². The normalized spacial score (nSPS) is 19.4. The van der Waals surface area contributed by atoms with Gasteiger partial charge in [-0.05, 0) is 35.6 Å². The van der Waals surface area contributed by atoms with Gasteiger partial charge >= 0.3 is 0 Å². The number of carbonyl (C=O) groups is 1. The van der Waals surface area contributed by atoms with E-state index in [9.17, 15) is 19.7 Å². The molecule has 2 heterocycles. The Labute approximate surface area is 203 Å². The predicted molar refractivity (Wildman–Crippen MR) is 131 cm³/mol. The number of aromatic nitrogens is 1. The monoisotopic (exact) mass is 493 g/mol. The van der Waals surface area contributed by atoms with Crippen molar-refractivity contribution in [1.29, 1.82) is 0 Å².